The number of amides is 1. The average Bonchev–Trinajstić information content (AvgIpc) is 2.74. The minimum absolute atomic E-state index is 0.0682. The van der Waals surface area contributed by atoms with Gasteiger partial charge in [0.15, 0.2) is 0 Å². The Morgan fingerprint density at radius 2 is 1.87 bits per heavy atom. The first-order valence-electron chi connectivity index (χ1n) is 11.0. The van der Waals surface area contributed by atoms with Gasteiger partial charge in [-0.2, -0.15) is 0 Å². The predicted molar refractivity (Wildman–Crippen MR) is 118 cm³/mol. The van der Waals surface area contributed by atoms with Crippen LogP contribution in [0.1, 0.15) is 54.5 Å². The molecule has 0 radical (unpaired) electrons. The predicted octanol–water partition coefficient (Wildman–Crippen LogP) is 3.31. The van der Waals surface area contributed by atoms with Crippen LogP contribution < -0.4 is 4.90 Å². The van der Waals surface area contributed by atoms with Gasteiger partial charge in [-0.3, -0.25) is 4.79 Å². The molecule has 5 heteroatoms. The van der Waals surface area contributed by atoms with Crippen molar-refractivity contribution >= 4 is 11.6 Å². The smallest absolute Gasteiger partial charge is 0.223 e. The second-order valence-corrected chi connectivity index (χ2v) is 8.83. The van der Waals surface area contributed by atoms with Crippen molar-refractivity contribution in [2.45, 2.75) is 51.2 Å². The average molecular weight is 409 g/mol. The summed E-state index contributed by atoms with van der Waals surface area (Å²) in [5.41, 5.74) is 4.39. The number of carbonyl (C=O) groups is 1. The summed E-state index contributed by atoms with van der Waals surface area (Å²) in [5.74, 6) is 0.0682. The number of likely N-dealkylation sites (tertiary alicyclic amines) is 1. The highest BCUT2D eigenvalue weighted by Gasteiger charge is 2.35. The second-order valence-electron chi connectivity index (χ2n) is 8.83. The van der Waals surface area contributed by atoms with Crippen molar-refractivity contribution in [3.63, 3.8) is 0 Å². The second kappa shape index (κ2) is 8.50. The Kier molecular flexibility index (Phi) is 5.96. The molecule has 30 heavy (non-hydrogen) atoms. The number of nitrogens with zero attached hydrogens (tertiary/aromatic N) is 2. The summed E-state index contributed by atoms with van der Waals surface area (Å²) in [5, 5.41) is 22.0. The third kappa shape index (κ3) is 4.15. The standard InChI is InChI=1S/C25H32N2O3/c1-18-6-3-4-8-22(18)25(30)11-14-26(15-12-25)17-24(29)21-9-10-23-20(16-21)7-5-13-27(23)19(2)28/h3-4,6,8-10,16,24,29-30H,5,7,11-15,17H2,1-2H3/t24-/m0/s1. The van der Waals surface area contributed by atoms with Crippen molar-refractivity contribution in [2.24, 2.45) is 0 Å². The van der Waals surface area contributed by atoms with Gasteiger partial charge >= 0.3 is 0 Å². The lowest BCUT2D eigenvalue weighted by molar-refractivity contribution is -0.116. The number of aryl methyl sites for hydroxylation is 2. The molecule has 2 aromatic carbocycles. The van der Waals surface area contributed by atoms with Crippen LogP contribution in [0.2, 0.25) is 0 Å². The molecule has 2 N–H and O–H groups in total. The molecule has 1 saturated heterocycles. The van der Waals surface area contributed by atoms with Gasteiger partial charge in [0.25, 0.3) is 0 Å². The minimum atomic E-state index is -0.783. The van der Waals surface area contributed by atoms with Gasteiger partial charge in [0.2, 0.25) is 5.91 Å². The molecule has 2 heterocycles. The van der Waals surface area contributed by atoms with E-state index in [1.165, 1.54) is 0 Å². The molecule has 0 bridgehead atoms. The molecule has 0 aromatic heterocycles. The first kappa shape index (κ1) is 21.0. The quantitative estimate of drug-likeness (QED) is 0.815. The highest BCUT2D eigenvalue weighted by atomic mass is 16.3. The number of carbonyl (C=O) groups excluding carboxylic acids is 1. The highest BCUT2D eigenvalue weighted by molar-refractivity contribution is 5.92. The summed E-state index contributed by atoms with van der Waals surface area (Å²) in [6.45, 7) is 6.48. The van der Waals surface area contributed by atoms with Crippen molar-refractivity contribution in [1.29, 1.82) is 0 Å². The van der Waals surface area contributed by atoms with E-state index in [2.05, 4.69) is 11.0 Å². The Morgan fingerprint density at radius 1 is 1.13 bits per heavy atom. The van der Waals surface area contributed by atoms with Crippen molar-refractivity contribution in [3.05, 3.63) is 64.7 Å². The number of fused-ring (bicyclic) bond motifs is 1. The molecular formula is C25H32N2O3. The Bertz CT molecular complexity index is 918. The SMILES string of the molecule is CC(=O)N1CCCc2cc([C@@H](O)CN3CCC(O)(c4ccccc4C)CC3)ccc21. The van der Waals surface area contributed by atoms with Crippen molar-refractivity contribution in [3.8, 4) is 0 Å². The van der Waals surface area contributed by atoms with E-state index in [0.29, 0.717) is 19.4 Å². The summed E-state index contributed by atoms with van der Waals surface area (Å²) in [6, 6.07) is 14.0. The third-order valence-electron chi connectivity index (χ3n) is 6.75. The maximum atomic E-state index is 11.9. The number of anilines is 1. The van der Waals surface area contributed by atoms with E-state index in [-0.39, 0.29) is 5.91 Å². The van der Waals surface area contributed by atoms with Crippen LogP contribution in [0.4, 0.5) is 5.69 Å². The molecule has 1 atom stereocenters. The molecule has 2 aromatic rings. The molecule has 0 saturated carbocycles. The number of aliphatic hydroxyl groups excluding tert-OH is 1. The van der Waals surface area contributed by atoms with Gasteiger partial charge < -0.3 is 20.0 Å². The first-order valence-corrected chi connectivity index (χ1v) is 11.0. The van der Waals surface area contributed by atoms with E-state index >= 15 is 0 Å². The molecule has 2 aliphatic rings. The van der Waals surface area contributed by atoms with E-state index in [9.17, 15) is 15.0 Å². The van der Waals surface area contributed by atoms with Gasteiger partial charge in [0, 0.05) is 38.8 Å². The first-order chi connectivity index (χ1) is 14.4. The molecule has 2 aliphatic heterocycles. The van der Waals surface area contributed by atoms with E-state index in [1.54, 1.807) is 6.92 Å². The highest BCUT2D eigenvalue weighted by Crippen LogP contribution is 2.35. The molecule has 0 spiro atoms. The Balaban J connectivity index is 1.40. The van der Waals surface area contributed by atoms with Crippen LogP contribution in [0.25, 0.3) is 0 Å². The Labute approximate surface area is 178 Å². The monoisotopic (exact) mass is 408 g/mol. The van der Waals surface area contributed by atoms with Crippen LogP contribution in [0.5, 0.6) is 0 Å². The summed E-state index contributed by atoms with van der Waals surface area (Å²) in [7, 11) is 0. The topological polar surface area (TPSA) is 64.0 Å². The van der Waals surface area contributed by atoms with Gasteiger partial charge in [0.1, 0.15) is 0 Å². The number of aliphatic hydroxyl groups is 2. The summed E-state index contributed by atoms with van der Waals surface area (Å²) in [4.78, 5) is 15.9. The van der Waals surface area contributed by atoms with Gasteiger partial charge in [-0.15, -0.1) is 0 Å². The van der Waals surface area contributed by atoms with Crippen LogP contribution in [0.3, 0.4) is 0 Å². The largest absolute Gasteiger partial charge is 0.387 e. The molecular weight excluding hydrogens is 376 g/mol. The fourth-order valence-electron chi connectivity index (χ4n) is 4.97. The molecule has 160 valence electrons. The van der Waals surface area contributed by atoms with E-state index < -0.39 is 11.7 Å². The molecule has 1 amide bonds. The molecule has 5 nitrogen and oxygen atoms in total. The summed E-state index contributed by atoms with van der Waals surface area (Å²) in [6.07, 6.45) is 2.65. The fraction of sp³-hybridized carbons (Fsp3) is 0.480. The van der Waals surface area contributed by atoms with E-state index in [4.69, 9.17) is 0 Å². The van der Waals surface area contributed by atoms with E-state index in [1.807, 2.05) is 48.2 Å². The lowest BCUT2D eigenvalue weighted by atomic mass is 9.82. The maximum absolute atomic E-state index is 11.9. The van der Waals surface area contributed by atoms with Gasteiger partial charge in [-0.05, 0) is 60.9 Å². The van der Waals surface area contributed by atoms with Crippen molar-refractivity contribution < 1.29 is 15.0 Å². The lowest BCUT2D eigenvalue weighted by Crippen LogP contribution is -2.44. The fourth-order valence-corrected chi connectivity index (χ4v) is 4.97. The minimum Gasteiger partial charge on any atom is -0.387 e. The zero-order chi connectivity index (χ0) is 21.3. The Morgan fingerprint density at radius 3 is 2.57 bits per heavy atom. The van der Waals surface area contributed by atoms with Crippen LogP contribution in [-0.4, -0.2) is 47.2 Å². The number of β-amino-alcohol motifs (C(OH)–C–C–N with tert-alkyl or cyclic N) is 1. The maximum Gasteiger partial charge on any atom is 0.223 e. The molecule has 4 rings (SSSR count). The van der Waals surface area contributed by atoms with Crippen LogP contribution in [0, 0.1) is 6.92 Å². The van der Waals surface area contributed by atoms with Gasteiger partial charge in [0.05, 0.1) is 11.7 Å². The van der Waals surface area contributed by atoms with E-state index in [0.717, 1.165) is 60.4 Å². The molecule has 0 unspecified atom stereocenters. The third-order valence-corrected chi connectivity index (χ3v) is 6.75. The molecule has 0 aliphatic carbocycles. The van der Waals surface area contributed by atoms with Crippen molar-refractivity contribution in [1.82, 2.24) is 4.90 Å². The zero-order valence-corrected chi connectivity index (χ0v) is 18.0. The van der Waals surface area contributed by atoms with Gasteiger partial charge in [-0.1, -0.05) is 36.4 Å². The number of rotatable bonds is 4. The Hall–Kier alpha value is -2.21. The number of benzene rings is 2. The summed E-state index contributed by atoms with van der Waals surface area (Å²) >= 11 is 0. The normalized spacial score (nSPS) is 19.9. The van der Waals surface area contributed by atoms with Crippen LogP contribution in [-0.2, 0) is 16.8 Å². The zero-order valence-electron chi connectivity index (χ0n) is 18.0. The number of hydrogen-bond acceptors (Lipinski definition) is 4. The lowest BCUT2D eigenvalue weighted by Gasteiger charge is -2.40. The number of piperidine rings is 1. The number of hydrogen-bond donors (Lipinski definition) is 2. The van der Waals surface area contributed by atoms with Gasteiger partial charge in [-0.25, -0.2) is 0 Å². The van der Waals surface area contributed by atoms with Crippen LogP contribution in [0.15, 0.2) is 42.5 Å². The summed E-state index contributed by atoms with van der Waals surface area (Å²) < 4.78 is 0. The van der Waals surface area contributed by atoms with Crippen LogP contribution >= 0.6 is 0 Å². The molecule has 1 fully saturated rings. The van der Waals surface area contributed by atoms with Crippen molar-refractivity contribution in [2.75, 3.05) is 31.1 Å².